The molecule has 35 heavy (non-hydrogen) atoms. The second kappa shape index (κ2) is 13.8. The highest BCUT2D eigenvalue weighted by Crippen LogP contribution is 2.22. The van der Waals surface area contributed by atoms with Crippen molar-refractivity contribution in [1.82, 2.24) is 0 Å². The number of benzene rings is 3. The normalized spacial score (nSPS) is 11.2. The van der Waals surface area contributed by atoms with Crippen molar-refractivity contribution in [2.75, 3.05) is 0 Å². The molecule has 4 rings (SSSR count). The van der Waals surface area contributed by atoms with Crippen LogP contribution in [0.5, 0.6) is 0 Å². The molecule has 0 amide bonds. The highest BCUT2D eigenvalue weighted by molar-refractivity contribution is 5.77. The molecular weight excluding hydrogens is 422 g/mol. The molecule has 3 aromatic carbocycles. The Morgan fingerprint density at radius 1 is 0.514 bits per heavy atom. The number of unbranched alkanes of at least 4 members (excludes halogenated alkanes) is 9. The SMILES string of the molecule is CCCCCCCCCCCCc1ccc(-c2ccc3ccccc3[n+]2Cc2ccccc2)cc1. The van der Waals surface area contributed by atoms with Crippen molar-refractivity contribution in [3.8, 4) is 11.3 Å². The Hall–Kier alpha value is -2.93. The molecule has 0 N–H and O–H groups in total. The summed E-state index contributed by atoms with van der Waals surface area (Å²) in [5, 5.41) is 1.28. The van der Waals surface area contributed by atoms with Gasteiger partial charge in [0.25, 0.3) is 0 Å². The number of para-hydroxylation sites is 1. The van der Waals surface area contributed by atoms with E-state index in [1.165, 1.54) is 104 Å². The molecule has 182 valence electrons. The van der Waals surface area contributed by atoms with Crippen LogP contribution in [0, 0.1) is 0 Å². The first-order valence-electron chi connectivity index (χ1n) is 13.9. The third-order valence-electron chi connectivity index (χ3n) is 7.19. The third kappa shape index (κ3) is 7.52. The summed E-state index contributed by atoms with van der Waals surface area (Å²) >= 11 is 0. The van der Waals surface area contributed by atoms with Crippen LogP contribution in [0.25, 0.3) is 22.2 Å². The molecule has 1 nitrogen and oxygen atoms in total. The lowest BCUT2D eigenvalue weighted by atomic mass is 10.0. The number of aromatic nitrogens is 1. The number of fused-ring (bicyclic) bond motifs is 1. The maximum atomic E-state index is 2.46. The Labute approximate surface area is 212 Å². The zero-order chi connectivity index (χ0) is 24.1. The largest absolute Gasteiger partial charge is 0.213 e. The molecule has 0 radical (unpaired) electrons. The van der Waals surface area contributed by atoms with E-state index in [-0.39, 0.29) is 0 Å². The molecule has 0 aliphatic heterocycles. The summed E-state index contributed by atoms with van der Waals surface area (Å²) in [4.78, 5) is 0. The van der Waals surface area contributed by atoms with E-state index in [1.807, 2.05) is 0 Å². The molecule has 0 spiro atoms. The summed E-state index contributed by atoms with van der Waals surface area (Å²) in [5.41, 5.74) is 6.64. The van der Waals surface area contributed by atoms with Gasteiger partial charge in [-0.25, -0.2) is 0 Å². The van der Waals surface area contributed by atoms with Gasteiger partial charge in [-0.2, -0.15) is 4.57 Å². The minimum Gasteiger partial charge on any atom is -0.187 e. The van der Waals surface area contributed by atoms with E-state index in [2.05, 4.69) is 102 Å². The van der Waals surface area contributed by atoms with E-state index in [4.69, 9.17) is 0 Å². The molecule has 0 saturated heterocycles. The molecular formula is C34H42N+. The lowest BCUT2D eigenvalue weighted by Gasteiger charge is -2.09. The van der Waals surface area contributed by atoms with Crippen molar-refractivity contribution in [3.05, 3.63) is 102 Å². The minimum atomic E-state index is 0.873. The molecule has 0 fully saturated rings. The van der Waals surface area contributed by atoms with Crippen LogP contribution < -0.4 is 4.57 Å². The van der Waals surface area contributed by atoms with Gasteiger partial charge in [0.15, 0.2) is 6.54 Å². The zero-order valence-corrected chi connectivity index (χ0v) is 21.6. The van der Waals surface area contributed by atoms with Gasteiger partial charge in [0.2, 0.25) is 11.2 Å². The summed E-state index contributed by atoms with van der Waals surface area (Å²) in [5.74, 6) is 0. The van der Waals surface area contributed by atoms with E-state index in [0.717, 1.165) is 6.54 Å². The van der Waals surface area contributed by atoms with Gasteiger partial charge in [0, 0.05) is 28.6 Å². The molecule has 0 unspecified atom stereocenters. The van der Waals surface area contributed by atoms with E-state index in [0.29, 0.717) is 0 Å². The van der Waals surface area contributed by atoms with Crippen LogP contribution in [0.3, 0.4) is 0 Å². The smallest absolute Gasteiger partial charge is 0.187 e. The van der Waals surface area contributed by atoms with Gasteiger partial charge >= 0.3 is 0 Å². The first-order valence-corrected chi connectivity index (χ1v) is 13.9. The fourth-order valence-corrected chi connectivity index (χ4v) is 5.11. The van der Waals surface area contributed by atoms with Crippen molar-refractivity contribution in [2.45, 2.75) is 84.1 Å². The lowest BCUT2D eigenvalue weighted by Crippen LogP contribution is -2.37. The second-order valence-electron chi connectivity index (χ2n) is 9.98. The van der Waals surface area contributed by atoms with Gasteiger partial charge in [-0.3, -0.25) is 0 Å². The van der Waals surface area contributed by atoms with Crippen LogP contribution >= 0.6 is 0 Å². The zero-order valence-electron chi connectivity index (χ0n) is 21.6. The highest BCUT2D eigenvalue weighted by atomic mass is 15.0. The number of hydrogen-bond acceptors (Lipinski definition) is 0. The van der Waals surface area contributed by atoms with E-state index in [1.54, 1.807) is 0 Å². The van der Waals surface area contributed by atoms with Gasteiger partial charge in [-0.05, 0) is 42.7 Å². The monoisotopic (exact) mass is 464 g/mol. The van der Waals surface area contributed by atoms with Crippen LogP contribution in [-0.2, 0) is 13.0 Å². The average Bonchev–Trinajstić information content (AvgIpc) is 2.91. The summed E-state index contributed by atoms with van der Waals surface area (Å²) in [6.45, 7) is 3.16. The summed E-state index contributed by atoms with van der Waals surface area (Å²) in [6.07, 6.45) is 15.1. The Balaban J connectivity index is 1.35. The van der Waals surface area contributed by atoms with Crippen LogP contribution in [0.2, 0.25) is 0 Å². The molecule has 0 saturated carbocycles. The quantitative estimate of drug-likeness (QED) is 0.129. The fraction of sp³-hybridized carbons (Fsp3) is 0.382. The van der Waals surface area contributed by atoms with Crippen molar-refractivity contribution >= 4 is 10.9 Å². The van der Waals surface area contributed by atoms with Gasteiger partial charge in [0.05, 0.1) is 0 Å². The second-order valence-corrected chi connectivity index (χ2v) is 9.98. The van der Waals surface area contributed by atoms with Gasteiger partial charge in [-0.15, -0.1) is 0 Å². The summed E-state index contributed by atoms with van der Waals surface area (Å²) in [7, 11) is 0. The number of hydrogen-bond donors (Lipinski definition) is 0. The highest BCUT2D eigenvalue weighted by Gasteiger charge is 2.18. The molecule has 0 atom stereocenters. The molecule has 1 heterocycles. The molecule has 0 aliphatic carbocycles. The maximum absolute atomic E-state index is 2.46. The topological polar surface area (TPSA) is 3.88 Å². The Morgan fingerprint density at radius 3 is 1.86 bits per heavy atom. The van der Waals surface area contributed by atoms with E-state index < -0.39 is 0 Å². The van der Waals surface area contributed by atoms with Gasteiger partial charge in [0.1, 0.15) is 0 Å². The molecule has 0 bridgehead atoms. The minimum absolute atomic E-state index is 0.873. The first kappa shape index (κ1) is 25.2. The Kier molecular flexibility index (Phi) is 9.95. The molecule has 0 aliphatic rings. The van der Waals surface area contributed by atoms with Crippen molar-refractivity contribution in [2.24, 2.45) is 0 Å². The van der Waals surface area contributed by atoms with E-state index >= 15 is 0 Å². The van der Waals surface area contributed by atoms with Crippen molar-refractivity contribution < 1.29 is 4.57 Å². The molecule has 1 heteroatoms. The number of nitrogens with zero attached hydrogens (tertiary/aromatic N) is 1. The summed E-state index contributed by atoms with van der Waals surface area (Å²) < 4.78 is 2.46. The van der Waals surface area contributed by atoms with Gasteiger partial charge < -0.3 is 0 Å². The average molecular weight is 465 g/mol. The molecule has 1 aromatic heterocycles. The Morgan fingerprint density at radius 2 is 1.14 bits per heavy atom. The van der Waals surface area contributed by atoms with Crippen LogP contribution in [0.15, 0.2) is 91.0 Å². The van der Waals surface area contributed by atoms with Gasteiger partial charge in [-0.1, -0.05) is 119 Å². The van der Waals surface area contributed by atoms with Crippen LogP contribution in [0.1, 0.15) is 82.3 Å². The Bertz CT molecular complexity index is 1140. The third-order valence-corrected chi connectivity index (χ3v) is 7.19. The first-order chi connectivity index (χ1) is 17.3. The number of rotatable bonds is 14. The standard InChI is InChI=1S/C34H42N/c1-2-3-4-5-6-7-8-9-10-12-17-29-22-24-32(25-23-29)34-27-26-31-20-15-16-21-33(31)35(34)28-30-18-13-11-14-19-30/h11,13-16,18-27H,2-10,12,17,28H2,1H3/q+1. The van der Waals surface area contributed by atoms with Crippen molar-refractivity contribution in [3.63, 3.8) is 0 Å². The van der Waals surface area contributed by atoms with Crippen LogP contribution in [-0.4, -0.2) is 0 Å². The fourth-order valence-electron chi connectivity index (χ4n) is 5.11. The maximum Gasteiger partial charge on any atom is 0.213 e. The predicted molar refractivity (Wildman–Crippen MR) is 151 cm³/mol. The summed E-state index contributed by atoms with van der Waals surface area (Å²) in [6, 6.07) is 33.3. The van der Waals surface area contributed by atoms with Crippen LogP contribution in [0.4, 0.5) is 0 Å². The van der Waals surface area contributed by atoms with E-state index in [9.17, 15) is 0 Å². The predicted octanol–water partition coefficient (Wildman–Crippen LogP) is 9.31. The van der Waals surface area contributed by atoms with Crippen molar-refractivity contribution in [1.29, 1.82) is 0 Å². The number of pyridine rings is 1. The number of aryl methyl sites for hydroxylation is 1. The molecule has 4 aromatic rings. The lowest BCUT2D eigenvalue weighted by molar-refractivity contribution is -0.651.